The molecule has 0 radical (unpaired) electrons. The van der Waals surface area contributed by atoms with E-state index in [1.54, 1.807) is 13.2 Å². The topological polar surface area (TPSA) is 61.9 Å². The van der Waals surface area contributed by atoms with Crippen molar-refractivity contribution in [2.75, 3.05) is 51.3 Å². The van der Waals surface area contributed by atoms with Gasteiger partial charge in [-0.25, -0.2) is 13.1 Å². The van der Waals surface area contributed by atoms with Crippen LogP contribution >= 0.6 is 0 Å². The van der Waals surface area contributed by atoms with Crippen LogP contribution in [0, 0.1) is 0 Å². The predicted octanol–water partition coefficient (Wildman–Crippen LogP) is 2.41. The van der Waals surface area contributed by atoms with Crippen LogP contribution in [0.4, 0.5) is 5.69 Å². The van der Waals surface area contributed by atoms with Crippen LogP contribution in [0.5, 0.6) is 5.75 Å². The summed E-state index contributed by atoms with van der Waals surface area (Å²) in [6, 6.07) is 17.5. The zero-order chi connectivity index (χ0) is 19.8. The molecule has 1 aliphatic heterocycles. The number of hydrogen-bond donors (Lipinski definition) is 1. The van der Waals surface area contributed by atoms with Crippen LogP contribution in [0.1, 0.15) is 5.56 Å². The van der Waals surface area contributed by atoms with Crippen molar-refractivity contribution in [3.63, 3.8) is 0 Å². The van der Waals surface area contributed by atoms with Gasteiger partial charge in [-0.1, -0.05) is 30.3 Å². The monoisotopic (exact) mass is 401 g/mol. The summed E-state index contributed by atoms with van der Waals surface area (Å²) in [7, 11) is -1.75. The maximum atomic E-state index is 12.1. The molecule has 0 aromatic heterocycles. The molecule has 7 heteroatoms. The lowest BCUT2D eigenvalue weighted by Gasteiger charge is -2.36. The Labute approximate surface area is 167 Å². The molecule has 0 spiro atoms. The van der Waals surface area contributed by atoms with Crippen molar-refractivity contribution >= 4 is 21.8 Å². The molecule has 3 rings (SSSR count). The first kappa shape index (κ1) is 20.4. The summed E-state index contributed by atoms with van der Waals surface area (Å²) in [6.45, 7) is 4.78. The second-order valence-corrected chi connectivity index (χ2v) is 8.33. The minimum Gasteiger partial charge on any atom is -0.497 e. The highest BCUT2D eigenvalue weighted by Gasteiger charge is 2.17. The van der Waals surface area contributed by atoms with E-state index in [1.807, 2.05) is 42.5 Å². The molecule has 0 unspecified atom stereocenters. The summed E-state index contributed by atoms with van der Waals surface area (Å²) in [5.74, 6) is 0.857. The lowest BCUT2D eigenvalue weighted by molar-refractivity contribution is 0.262. The molecule has 150 valence electrons. The molecular weight excluding hydrogens is 374 g/mol. The van der Waals surface area contributed by atoms with Gasteiger partial charge in [-0.3, -0.25) is 4.90 Å². The second-order valence-electron chi connectivity index (χ2n) is 6.68. The van der Waals surface area contributed by atoms with E-state index in [9.17, 15) is 8.42 Å². The molecule has 2 aromatic rings. The van der Waals surface area contributed by atoms with Crippen molar-refractivity contribution in [3.8, 4) is 5.75 Å². The van der Waals surface area contributed by atoms with E-state index >= 15 is 0 Å². The number of hydrogen-bond acceptors (Lipinski definition) is 5. The molecule has 1 N–H and O–H groups in total. The number of sulfonamides is 1. The van der Waals surface area contributed by atoms with Crippen molar-refractivity contribution in [1.29, 1.82) is 0 Å². The van der Waals surface area contributed by atoms with E-state index in [-0.39, 0.29) is 0 Å². The van der Waals surface area contributed by atoms with Gasteiger partial charge in [-0.15, -0.1) is 0 Å². The highest BCUT2D eigenvalue weighted by atomic mass is 32.2. The molecule has 6 nitrogen and oxygen atoms in total. The maximum Gasteiger partial charge on any atom is 0.233 e. The third kappa shape index (κ3) is 6.09. The Kier molecular flexibility index (Phi) is 7.08. The molecule has 0 aliphatic carbocycles. The number of anilines is 1. The van der Waals surface area contributed by atoms with Crippen LogP contribution in [0.15, 0.2) is 60.0 Å². The summed E-state index contributed by atoms with van der Waals surface area (Å²) in [5.41, 5.74) is 2.05. The Bertz CT molecular complexity index is 860. The van der Waals surface area contributed by atoms with Gasteiger partial charge in [0.25, 0.3) is 0 Å². The summed E-state index contributed by atoms with van der Waals surface area (Å²) >= 11 is 0. The van der Waals surface area contributed by atoms with Gasteiger partial charge in [-0.2, -0.15) is 0 Å². The Balaban J connectivity index is 1.40. The van der Waals surface area contributed by atoms with Crippen LogP contribution in [0.25, 0.3) is 6.08 Å². The fourth-order valence-electron chi connectivity index (χ4n) is 3.15. The van der Waals surface area contributed by atoms with Crippen molar-refractivity contribution in [2.45, 2.75) is 0 Å². The Hall–Kier alpha value is -2.35. The first-order valence-corrected chi connectivity index (χ1v) is 10.9. The standard InChI is InChI=1S/C21H27N3O3S/c1-27-21-9-7-20(8-10-21)24-16-14-23(15-17-24)13-12-22-28(25,26)18-11-19-5-3-2-4-6-19/h2-11,18,22H,12-17H2,1H3/b18-11+. The molecule has 0 atom stereocenters. The average Bonchev–Trinajstić information content (AvgIpc) is 2.74. The normalized spacial score (nSPS) is 15.8. The highest BCUT2D eigenvalue weighted by Crippen LogP contribution is 2.20. The molecule has 2 aromatic carbocycles. The zero-order valence-electron chi connectivity index (χ0n) is 16.1. The number of piperazine rings is 1. The van der Waals surface area contributed by atoms with Gasteiger partial charge in [0.2, 0.25) is 10.0 Å². The van der Waals surface area contributed by atoms with Gasteiger partial charge in [0.15, 0.2) is 0 Å². The van der Waals surface area contributed by atoms with Crippen molar-refractivity contribution < 1.29 is 13.2 Å². The molecule has 0 amide bonds. The van der Waals surface area contributed by atoms with Gasteiger partial charge in [0.05, 0.1) is 7.11 Å². The predicted molar refractivity (Wildman–Crippen MR) is 114 cm³/mol. The summed E-state index contributed by atoms with van der Waals surface area (Å²) in [5, 5.41) is 1.23. The average molecular weight is 402 g/mol. The highest BCUT2D eigenvalue weighted by molar-refractivity contribution is 7.92. The lowest BCUT2D eigenvalue weighted by Crippen LogP contribution is -2.48. The van der Waals surface area contributed by atoms with Crippen LogP contribution in [-0.2, 0) is 10.0 Å². The largest absolute Gasteiger partial charge is 0.497 e. The first-order chi connectivity index (χ1) is 13.6. The Morgan fingerprint density at radius 3 is 2.32 bits per heavy atom. The van der Waals surface area contributed by atoms with Crippen LogP contribution in [-0.4, -0.2) is 59.7 Å². The molecule has 1 fully saturated rings. The van der Waals surface area contributed by atoms with Crippen molar-refractivity contribution in [2.24, 2.45) is 0 Å². The second kappa shape index (κ2) is 9.73. The fraction of sp³-hybridized carbons (Fsp3) is 0.333. The van der Waals surface area contributed by atoms with E-state index in [0.717, 1.165) is 37.5 Å². The molecule has 1 aliphatic rings. The molecule has 0 bridgehead atoms. The quantitative estimate of drug-likeness (QED) is 0.736. The minimum atomic E-state index is -3.42. The van der Waals surface area contributed by atoms with Crippen LogP contribution in [0.2, 0.25) is 0 Å². The molecule has 1 saturated heterocycles. The summed E-state index contributed by atoms with van der Waals surface area (Å²) in [4.78, 5) is 4.62. The van der Waals surface area contributed by atoms with Gasteiger partial charge < -0.3 is 9.64 Å². The van der Waals surface area contributed by atoms with E-state index < -0.39 is 10.0 Å². The van der Waals surface area contributed by atoms with E-state index in [4.69, 9.17) is 4.74 Å². The van der Waals surface area contributed by atoms with Gasteiger partial charge >= 0.3 is 0 Å². The molecule has 1 heterocycles. The van der Waals surface area contributed by atoms with E-state index in [1.165, 1.54) is 11.1 Å². The molecule has 0 saturated carbocycles. The minimum absolute atomic E-state index is 0.407. The van der Waals surface area contributed by atoms with Gasteiger partial charge in [0, 0.05) is 50.4 Å². The summed E-state index contributed by atoms with van der Waals surface area (Å²) in [6.07, 6.45) is 1.61. The fourth-order valence-corrected chi connectivity index (χ4v) is 3.96. The number of benzene rings is 2. The van der Waals surface area contributed by atoms with Crippen molar-refractivity contribution in [1.82, 2.24) is 9.62 Å². The number of methoxy groups -OCH3 is 1. The number of ether oxygens (including phenoxy) is 1. The lowest BCUT2D eigenvalue weighted by atomic mass is 10.2. The first-order valence-electron chi connectivity index (χ1n) is 9.40. The van der Waals surface area contributed by atoms with E-state index in [0.29, 0.717) is 13.1 Å². The summed E-state index contributed by atoms with van der Waals surface area (Å²) < 4.78 is 32.0. The molecule has 28 heavy (non-hydrogen) atoms. The van der Waals surface area contributed by atoms with Crippen LogP contribution < -0.4 is 14.4 Å². The maximum absolute atomic E-state index is 12.1. The van der Waals surface area contributed by atoms with Crippen molar-refractivity contribution in [3.05, 3.63) is 65.6 Å². The number of nitrogens with one attached hydrogen (secondary N) is 1. The SMILES string of the molecule is COc1ccc(N2CCN(CCNS(=O)(=O)/C=C/c3ccccc3)CC2)cc1. The molecular formula is C21H27N3O3S. The third-order valence-electron chi connectivity index (χ3n) is 4.78. The third-order valence-corrected chi connectivity index (χ3v) is 5.88. The van der Waals surface area contributed by atoms with Gasteiger partial charge in [-0.05, 0) is 35.9 Å². The van der Waals surface area contributed by atoms with Gasteiger partial charge in [0.1, 0.15) is 5.75 Å². The Morgan fingerprint density at radius 1 is 1.00 bits per heavy atom. The smallest absolute Gasteiger partial charge is 0.233 e. The number of nitrogens with zero attached hydrogens (tertiary/aromatic N) is 2. The van der Waals surface area contributed by atoms with E-state index in [2.05, 4.69) is 26.7 Å². The number of rotatable bonds is 8. The zero-order valence-corrected chi connectivity index (χ0v) is 16.9. The van der Waals surface area contributed by atoms with Crippen LogP contribution in [0.3, 0.4) is 0 Å². The Morgan fingerprint density at radius 2 is 1.68 bits per heavy atom.